The van der Waals surface area contributed by atoms with Gasteiger partial charge in [-0.2, -0.15) is 0 Å². The molecule has 0 aliphatic carbocycles. The Morgan fingerprint density at radius 3 is 3.00 bits per heavy atom. The maximum absolute atomic E-state index is 11.2. The van der Waals surface area contributed by atoms with Crippen molar-refractivity contribution < 1.29 is 9.53 Å². The summed E-state index contributed by atoms with van der Waals surface area (Å²) < 4.78 is 6.13. The molecular formula is C9H8ClN3O2. The van der Waals surface area contributed by atoms with Gasteiger partial charge in [0.2, 0.25) is 0 Å². The van der Waals surface area contributed by atoms with Crippen molar-refractivity contribution in [2.45, 2.75) is 0 Å². The Labute approximate surface area is 90.4 Å². The number of hydrogen-bond donors (Lipinski definition) is 1. The Kier molecular flexibility index (Phi) is 2.24. The Hall–Kier alpha value is -1.75. The van der Waals surface area contributed by atoms with E-state index < -0.39 is 5.97 Å². The van der Waals surface area contributed by atoms with Crippen LogP contribution in [-0.2, 0) is 4.74 Å². The van der Waals surface area contributed by atoms with Gasteiger partial charge >= 0.3 is 5.97 Å². The molecule has 0 radical (unpaired) electrons. The van der Waals surface area contributed by atoms with E-state index in [0.29, 0.717) is 16.4 Å². The highest BCUT2D eigenvalue weighted by atomic mass is 35.5. The number of ether oxygens (including phenoxy) is 1. The van der Waals surface area contributed by atoms with Crippen LogP contribution in [0.2, 0.25) is 5.02 Å². The fraction of sp³-hybridized carbons (Fsp3) is 0.111. The van der Waals surface area contributed by atoms with Crippen molar-refractivity contribution >= 4 is 28.9 Å². The molecule has 2 N–H and O–H groups in total. The van der Waals surface area contributed by atoms with Gasteiger partial charge in [0.25, 0.3) is 0 Å². The quantitative estimate of drug-likeness (QED) is 0.744. The predicted octanol–water partition coefficient (Wildman–Crippen LogP) is 1.36. The zero-order chi connectivity index (χ0) is 11.0. The number of imidazole rings is 1. The first-order valence-electron chi connectivity index (χ1n) is 4.14. The fourth-order valence-electron chi connectivity index (χ4n) is 1.28. The monoisotopic (exact) mass is 225 g/mol. The molecule has 0 saturated heterocycles. The van der Waals surface area contributed by atoms with E-state index in [1.807, 2.05) is 0 Å². The summed E-state index contributed by atoms with van der Waals surface area (Å²) in [6.07, 6.45) is 3.14. The molecule has 0 aliphatic heterocycles. The van der Waals surface area contributed by atoms with Gasteiger partial charge in [0.15, 0.2) is 11.3 Å². The summed E-state index contributed by atoms with van der Waals surface area (Å²) in [5.41, 5.74) is 6.77. The highest BCUT2D eigenvalue weighted by molar-refractivity contribution is 6.33. The van der Waals surface area contributed by atoms with E-state index in [1.54, 1.807) is 16.7 Å². The molecule has 0 aromatic carbocycles. The number of hydrogen-bond acceptors (Lipinski definition) is 4. The second-order valence-electron chi connectivity index (χ2n) is 2.97. The number of rotatable bonds is 1. The second-order valence-corrected chi connectivity index (χ2v) is 3.38. The van der Waals surface area contributed by atoms with Crippen LogP contribution in [0.25, 0.3) is 5.65 Å². The van der Waals surface area contributed by atoms with Crippen molar-refractivity contribution in [2.75, 3.05) is 12.8 Å². The number of methoxy groups -OCH3 is 1. The molecule has 0 amide bonds. The van der Waals surface area contributed by atoms with Crippen LogP contribution in [0.4, 0.5) is 5.69 Å². The zero-order valence-electron chi connectivity index (χ0n) is 7.90. The van der Waals surface area contributed by atoms with Gasteiger partial charge in [0, 0.05) is 18.1 Å². The largest absolute Gasteiger partial charge is 0.464 e. The number of fused-ring (bicyclic) bond motifs is 1. The third-order valence-electron chi connectivity index (χ3n) is 1.92. The standard InChI is InChI=1S/C9H8ClN3O2/c1-15-9(14)7-4-13-3-5(11)2-6(10)8(13)12-7/h2-4H,11H2,1H3. The summed E-state index contributed by atoms with van der Waals surface area (Å²) >= 11 is 5.91. The number of aromatic nitrogens is 2. The summed E-state index contributed by atoms with van der Waals surface area (Å²) in [4.78, 5) is 15.2. The van der Waals surface area contributed by atoms with Gasteiger partial charge in [-0.25, -0.2) is 9.78 Å². The number of esters is 1. The van der Waals surface area contributed by atoms with Crippen molar-refractivity contribution in [3.63, 3.8) is 0 Å². The van der Waals surface area contributed by atoms with E-state index in [0.717, 1.165) is 0 Å². The Morgan fingerprint density at radius 1 is 1.60 bits per heavy atom. The number of nitrogens with two attached hydrogens (primary N) is 1. The maximum Gasteiger partial charge on any atom is 0.358 e. The Morgan fingerprint density at radius 2 is 2.33 bits per heavy atom. The number of nitrogens with zero attached hydrogens (tertiary/aromatic N) is 2. The third kappa shape index (κ3) is 1.61. The summed E-state index contributed by atoms with van der Waals surface area (Å²) in [6, 6.07) is 1.57. The first-order valence-corrected chi connectivity index (χ1v) is 4.51. The van der Waals surface area contributed by atoms with E-state index in [1.165, 1.54) is 13.3 Å². The van der Waals surface area contributed by atoms with Crippen LogP contribution in [0.1, 0.15) is 10.5 Å². The van der Waals surface area contributed by atoms with E-state index in [-0.39, 0.29) is 5.69 Å². The molecule has 78 valence electrons. The molecule has 5 nitrogen and oxygen atoms in total. The Balaban J connectivity index is 2.65. The van der Waals surface area contributed by atoms with Crippen LogP contribution >= 0.6 is 11.6 Å². The molecular weight excluding hydrogens is 218 g/mol. The van der Waals surface area contributed by atoms with E-state index in [9.17, 15) is 4.79 Å². The zero-order valence-corrected chi connectivity index (χ0v) is 8.65. The molecule has 2 aromatic rings. The summed E-state index contributed by atoms with van der Waals surface area (Å²) in [5.74, 6) is -0.506. The van der Waals surface area contributed by atoms with Gasteiger partial charge in [0.05, 0.1) is 12.1 Å². The maximum atomic E-state index is 11.2. The topological polar surface area (TPSA) is 69.6 Å². The first-order chi connectivity index (χ1) is 7.11. The molecule has 0 fully saturated rings. The van der Waals surface area contributed by atoms with E-state index >= 15 is 0 Å². The molecule has 2 heterocycles. The third-order valence-corrected chi connectivity index (χ3v) is 2.20. The lowest BCUT2D eigenvalue weighted by molar-refractivity contribution is 0.0595. The number of anilines is 1. The molecule has 0 atom stereocenters. The molecule has 2 aromatic heterocycles. The lowest BCUT2D eigenvalue weighted by atomic mass is 10.4. The molecule has 6 heteroatoms. The van der Waals surface area contributed by atoms with Crippen LogP contribution < -0.4 is 5.73 Å². The normalized spacial score (nSPS) is 10.5. The van der Waals surface area contributed by atoms with Crippen LogP contribution in [0, 0.1) is 0 Å². The van der Waals surface area contributed by atoms with Crippen LogP contribution in [-0.4, -0.2) is 22.5 Å². The molecule has 15 heavy (non-hydrogen) atoms. The van der Waals surface area contributed by atoms with Crippen LogP contribution in [0.15, 0.2) is 18.5 Å². The van der Waals surface area contributed by atoms with Crippen LogP contribution in [0.5, 0.6) is 0 Å². The van der Waals surface area contributed by atoms with Gasteiger partial charge in [-0.05, 0) is 6.07 Å². The van der Waals surface area contributed by atoms with Gasteiger partial charge in [0.1, 0.15) is 0 Å². The molecule has 0 saturated carbocycles. The summed E-state index contributed by atoms with van der Waals surface area (Å²) in [6.45, 7) is 0. The predicted molar refractivity (Wildman–Crippen MR) is 56.0 cm³/mol. The van der Waals surface area contributed by atoms with Gasteiger partial charge in [-0.3, -0.25) is 0 Å². The number of pyridine rings is 1. The van der Waals surface area contributed by atoms with Gasteiger partial charge in [-0.1, -0.05) is 11.6 Å². The van der Waals surface area contributed by atoms with Crippen molar-refractivity contribution in [3.8, 4) is 0 Å². The smallest absolute Gasteiger partial charge is 0.358 e. The van der Waals surface area contributed by atoms with E-state index in [2.05, 4.69) is 9.72 Å². The van der Waals surface area contributed by atoms with Crippen molar-refractivity contribution in [2.24, 2.45) is 0 Å². The SMILES string of the molecule is COC(=O)c1cn2cc(N)cc(Cl)c2n1. The lowest BCUT2D eigenvalue weighted by Crippen LogP contribution is -2.00. The minimum atomic E-state index is -0.506. The van der Waals surface area contributed by atoms with Crippen molar-refractivity contribution in [1.29, 1.82) is 0 Å². The highest BCUT2D eigenvalue weighted by Crippen LogP contribution is 2.20. The average Bonchev–Trinajstić information content (AvgIpc) is 2.60. The number of halogens is 1. The number of carbonyl (C=O) groups is 1. The molecule has 0 aliphatic rings. The second kappa shape index (κ2) is 3.43. The fourth-order valence-corrected chi connectivity index (χ4v) is 1.55. The molecule has 2 rings (SSSR count). The van der Waals surface area contributed by atoms with Gasteiger partial charge < -0.3 is 14.9 Å². The van der Waals surface area contributed by atoms with Crippen molar-refractivity contribution in [1.82, 2.24) is 9.38 Å². The summed E-state index contributed by atoms with van der Waals surface area (Å²) in [5, 5.41) is 0.394. The molecule has 0 unspecified atom stereocenters. The molecule has 0 spiro atoms. The average molecular weight is 226 g/mol. The van der Waals surface area contributed by atoms with Gasteiger partial charge in [-0.15, -0.1) is 0 Å². The lowest BCUT2D eigenvalue weighted by Gasteiger charge is -1.97. The number of carbonyl (C=O) groups excluding carboxylic acids is 1. The number of nitrogen functional groups attached to an aromatic ring is 1. The minimum Gasteiger partial charge on any atom is -0.464 e. The Bertz CT molecular complexity index is 535. The summed E-state index contributed by atoms with van der Waals surface area (Å²) in [7, 11) is 1.29. The van der Waals surface area contributed by atoms with E-state index in [4.69, 9.17) is 17.3 Å². The van der Waals surface area contributed by atoms with Crippen molar-refractivity contribution in [3.05, 3.63) is 29.2 Å². The van der Waals surface area contributed by atoms with Crippen LogP contribution in [0.3, 0.4) is 0 Å². The molecule has 0 bridgehead atoms. The first kappa shape index (κ1) is 9.79. The highest BCUT2D eigenvalue weighted by Gasteiger charge is 2.12. The minimum absolute atomic E-state index is 0.199.